The van der Waals surface area contributed by atoms with Crippen molar-refractivity contribution >= 4 is 17.7 Å². The molecule has 2 atom stereocenters. The van der Waals surface area contributed by atoms with Gasteiger partial charge in [-0.3, -0.25) is 4.90 Å². The molecule has 1 rings (SSSR count). The first-order chi connectivity index (χ1) is 9.04. The van der Waals surface area contributed by atoms with Crippen LogP contribution in [0.15, 0.2) is 16.5 Å². The maximum Gasteiger partial charge on any atom is 0.373 e. The van der Waals surface area contributed by atoms with Gasteiger partial charge in [-0.25, -0.2) is 4.79 Å². The largest absolute Gasteiger partial charge is 0.463 e. The molecule has 0 aromatic carbocycles. The molecule has 0 spiro atoms. The molecule has 1 aromatic rings. The van der Waals surface area contributed by atoms with Gasteiger partial charge in [0.05, 0.1) is 13.2 Å². The molecular weight excluding hydrogens is 262 g/mol. The highest BCUT2D eigenvalue weighted by Gasteiger charge is 2.23. The number of thioether (sulfide) groups is 1. The molecule has 0 amide bonds. The zero-order valence-electron chi connectivity index (χ0n) is 12.3. The van der Waals surface area contributed by atoms with E-state index in [1.165, 1.54) is 7.11 Å². The van der Waals surface area contributed by atoms with E-state index < -0.39 is 5.97 Å². The van der Waals surface area contributed by atoms with Crippen LogP contribution in [0.4, 0.5) is 0 Å². The van der Waals surface area contributed by atoms with Crippen LogP contribution >= 0.6 is 11.8 Å². The SMILES string of the molecule is CCC(CSC)N(C)C(C)c1ccc(C(=O)OC)o1. The zero-order valence-corrected chi connectivity index (χ0v) is 13.1. The van der Waals surface area contributed by atoms with Crippen molar-refractivity contribution in [1.82, 2.24) is 4.90 Å². The lowest BCUT2D eigenvalue weighted by Crippen LogP contribution is -2.35. The van der Waals surface area contributed by atoms with Gasteiger partial charge < -0.3 is 9.15 Å². The summed E-state index contributed by atoms with van der Waals surface area (Å²) in [5.74, 6) is 1.71. The van der Waals surface area contributed by atoms with Gasteiger partial charge in [0.15, 0.2) is 0 Å². The van der Waals surface area contributed by atoms with Gasteiger partial charge in [-0.15, -0.1) is 0 Å². The van der Waals surface area contributed by atoms with E-state index in [0.29, 0.717) is 6.04 Å². The molecule has 0 saturated heterocycles. The Bertz CT molecular complexity index is 405. The lowest BCUT2D eigenvalue weighted by molar-refractivity contribution is 0.0558. The Morgan fingerprint density at radius 1 is 1.53 bits per heavy atom. The van der Waals surface area contributed by atoms with Gasteiger partial charge in [-0.1, -0.05) is 6.92 Å². The lowest BCUT2D eigenvalue weighted by Gasteiger charge is -2.31. The summed E-state index contributed by atoms with van der Waals surface area (Å²) < 4.78 is 10.2. The smallest absolute Gasteiger partial charge is 0.373 e. The average Bonchev–Trinajstić information content (AvgIpc) is 2.92. The molecule has 4 nitrogen and oxygen atoms in total. The fourth-order valence-electron chi connectivity index (χ4n) is 2.02. The summed E-state index contributed by atoms with van der Waals surface area (Å²) >= 11 is 1.84. The van der Waals surface area contributed by atoms with Gasteiger partial charge in [0, 0.05) is 11.8 Å². The van der Waals surface area contributed by atoms with Gasteiger partial charge in [0.1, 0.15) is 5.76 Å². The molecule has 0 aliphatic carbocycles. The van der Waals surface area contributed by atoms with E-state index in [4.69, 9.17) is 4.42 Å². The summed E-state index contributed by atoms with van der Waals surface area (Å²) in [6.07, 6.45) is 3.20. The number of hydrogen-bond acceptors (Lipinski definition) is 5. The van der Waals surface area contributed by atoms with E-state index in [1.807, 2.05) is 17.8 Å². The van der Waals surface area contributed by atoms with Crippen molar-refractivity contribution in [2.24, 2.45) is 0 Å². The molecule has 0 radical (unpaired) electrons. The van der Waals surface area contributed by atoms with E-state index in [2.05, 4.69) is 36.8 Å². The van der Waals surface area contributed by atoms with Crippen molar-refractivity contribution in [2.75, 3.05) is 26.2 Å². The number of carbonyl (C=O) groups is 1. The van der Waals surface area contributed by atoms with Crippen molar-refractivity contribution < 1.29 is 13.9 Å². The van der Waals surface area contributed by atoms with E-state index in [0.717, 1.165) is 17.9 Å². The third kappa shape index (κ3) is 4.01. The van der Waals surface area contributed by atoms with Crippen LogP contribution in [-0.4, -0.2) is 43.1 Å². The van der Waals surface area contributed by atoms with Crippen LogP contribution in [0.1, 0.15) is 42.6 Å². The molecule has 0 fully saturated rings. The number of carbonyl (C=O) groups excluding carboxylic acids is 1. The van der Waals surface area contributed by atoms with E-state index in [1.54, 1.807) is 6.07 Å². The molecule has 2 unspecified atom stereocenters. The molecular formula is C14H23NO3S. The van der Waals surface area contributed by atoms with Crippen LogP contribution < -0.4 is 0 Å². The van der Waals surface area contributed by atoms with Crippen molar-refractivity contribution in [3.05, 3.63) is 23.7 Å². The van der Waals surface area contributed by atoms with Crippen LogP contribution in [0.2, 0.25) is 0 Å². The summed E-state index contributed by atoms with van der Waals surface area (Å²) in [6.45, 7) is 4.27. The Labute approximate surface area is 119 Å². The number of ether oxygens (including phenoxy) is 1. The van der Waals surface area contributed by atoms with Gasteiger partial charge in [0.25, 0.3) is 0 Å². The van der Waals surface area contributed by atoms with Crippen LogP contribution in [-0.2, 0) is 4.74 Å². The number of esters is 1. The average molecular weight is 285 g/mol. The number of furan rings is 1. The van der Waals surface area contributed by atoms with Crippen molar-refractivity contribution in [3.8, 4) is 0 Å². The Kier molecular flexibility index (Phi) is 6.45. The van der Waals surface area contributed by atoms with E-state index in [9.17, 15) is 4.79 Å². The molecule has 0 aliphatic heterocycles. The standard InChI is InChI=1S/C14H23NO3S/c1-6-11(9-19-5)15(3)10(2)12-7-8-13(18-12)14(16)17-4/h7-8,10-11H,6,9H2,1-5H3. The first-order valence-corrected chi connectivity index (χ1v) is 7.83. The Hall–Kier alpha value is -0.940. The molecule has 0 bridgehead atoms. The molecule has 0 saturated carbocycles. The Balaban J connectivity index is 2.78. The van der Waals surface area contributed by atoms with Crippen molar-refractivity contribution in [3.63, 3.8) is 0 Å². The maximum absolute atomic E-state index is 11.4. The first kappa shape index (κ1) is 16.1. The van der Waals surface area contributed by atoms with Gasteiger partial charge >= 0.3 is 5.97 Å². The predicted octanol–water partition coefficient (Wildman–Crippen LogP) is 3.20. The summed E-state index contributed by atoms with van der Waals surface area (Å²) in [5.41, 5.74) is 0. The summed E-state index contributed by atoms with van der Waals surface area (Å²) in [5, 5.41) is 0. The second-order valence-corrected chi connectivity index (χ2v) is 5.46. The quantitative estimate of drug-likeness (QED) is 0.720. The van der Waals surface area contributed by atoms with Crippen molar-refractivity contribution in [1.29, 1.82) is 0 Å². The summed E-state index contributed by atoms with van der Waals surface area (Å²) in [6, 6.07) is 4.15. The van der Waals surface area contributed by atoms with Crippen LogP contribution in [0, 0.1) is 0 Å². The Morgan fingerprint density at radius 3 is 2.74 bits per heavy atom. The minimum atomic E-state index is -0.433. The number of rotatable bonds is 7. The molecule has 108 valence electrons. The second-order valence-electron chi connectivity index (χ2n) is 4.55. The predicted molar refractivity (Wildman–Crippen MR) is 78.7 cm³/mol. The summed E-state index contributed by atoms with van der Waals surface area (Å²) in [7, 11) is 3.45. The third-order valence-electron chi connectivity index (χ3n) is 3.44. The highest BCUT2D eigenvalue weighted by Crippen LogP contribution is 2.25. The fourth-order valence-corrected chi connectivity index (χ4v) is 2.88. The minimum absolute atomic E-state index is 0.135. The number of methoxy groups -OCH3 is 1. The fraction of sp³-hybridized carbons (Fsp3) is 0.643. The summed E-state index contributed by atoms with van der Waals surface area (Å²) in [4.78, 5) is 13.7. The molecule has 1 heterocycles. The Morgan fingerprint density at radius 2 is 2.21 bits per heavy atom. The molecule has 0 N–H and O–H groups in total. The molecule has 19 heavy (non-hydrogen) atoms. The van der Waals surface area contributed by atoms with Gasteiger partial charge in [-0.2, -0.15) is 11.8 Å². The van der Waals surface area contributed by atoms with Gasteiger partial charge in [0.2, 0.25) is 5.76 Å². The topological polar surface area (TPSA) is 42.7 Å². The van der Waals surface area contributed by atoms with Crippen LogP contribution in [0.5, 0.6) is 0 Å². The number of hydrogen-bond donors (Lipinski definition) is 0. The second kappa shape index (κ2) is 7.60. The number of nitrogens with zero attached hydrogens (tertiary/aromatic N) is 1. The normalized spacial score (nSPS) is 14.4. The van der Waals surface area contributed by atoms with Crippen LogP contribution in [0.3, 0.4) is 0 Å². The highest BCUT2D eigenvalue weighted by molar-refractivity contribution is 7.98. The van der Waals surface area contributed by atoms with Crippen molar-refractivity contribution in [2.45, 2.75) is 32.4 Å². The third-order valence-corrected chi connectivity index (χ3v) is 4.16. The highest BCUT2D eigenvalue weighted by atomic mass is 32.2. The van der Waals surface area contributed by atoms with Gasteiger partial charge in [-0.05, 0) is 38.8 Å². The monoisotopic (exact) mass is 285 g/mol. The first-order valence-electron chi connectivity index (χ1n) is 6.44. The molecule has 1 aromatic heterocycles. The maximum atomic E-state index is 11.4. The molecule has 5 heteroatoms. The lowest BCUT2D eigenvalue weighted by atomic mass is 10.1. The van der Waals surface area contributed by atoms with E-state index >= 15 is 0 Å². The van der Waals surface area contributed by atoms with E-state index in [-0.39, 0.29) is 11.8 Å². The van der Waals surface area contributed by atoms with Crippen LogP contribution in [0.25, 0.3) is 0 Å². The minimum Gasteiger partial charge on any atom is -0.463 e. The zero-order chi connectivity index (χ0) is 14.4. The molecule has 0 aliphatic rings.